The summed E-state index contributed by atoms with van der Waals surface area (Å²) in [6.45, 7) is 0. The van der Waals surface area contributed by atoms with Crippen LogP contribution in [0.3, 0.4) is 0 Å². The summed E-state index contributed by atoms with van der Waals surface area (Å²) in [5, 5.41) is 9.01. The van der Waals surface area contributed by atoms with Crippen LogP contribution >= 0.6 is 27.7 Å². The van der Waals surface area contributed by atoms with E-state index in [1.54, 1.807) is 24.5 Å². The van der Waals surface area contributed by atoms with Crippen molar-refractivity contribution in [1.82, 2.24) is 4.98 Å². The van der Waals surface area contributed by atoms with Crippen LogP contribution in [-0.2, 0) is 0 Å². The fourth-order valence-corrected chi connectivity index (χ4v) is 2.53. The molecule has 1 aromatic carbocycles. The van der Waals surface area contributed by atoms with E-state index in [0.29, 0.717) is 4.47 Å². The standard InChI is InChI=1S/C12H8BrNO2S/c13-11-2-1-9(7-10(11)12(15)16)17-8-3-5-14-6-4-8/h1-7H,(H,15,16). The molecule has 0 atom stereocenters. The molecule has 17 heavy (non-hydrogen) atoms. The maximum atomic E-state index is 11.0. The van der Waals surface area contributed by atoms with Crippen LogP contribution in [0.5, 0.6) is 0 Å². The van der Waals surface area contributed by atoms with Gasteiger partial charge in [0.25, 0.3) is 0 Å². The zero-order valence-corrected chi connectivity index (χ0v) is 11.0. The third-order valence-corrected chi connectivity index (χ3v) is 3.74. The molecule has 0 fully saturated rings. The Hall–Kier alpha value is -1.33. The fourth-order valence-electron chi connectivity index (χ4n) is 1.27. The monoisotopic (exact) mass is 309 g/mol. The van der Waals surface area contributed by atoms with Crippen LogP contribution in [0, 0.1) is 0 Å². The highest BCUT2D eigenvalue weighted by Gasteiger charge is 2.09. The molecular formula is C12H8BrNO2S. The Morgan fingerprint density at radius 2 is 1.88 bits per heavy atom. The second kappa shape index (κ2) is 5.33. The highest BCUT2D eigenvalue weighted by atomic mass is 79.9. The van der Waals surface area contributed by atoms with E-state index in [1.165, 1.54) is 11.8 Å². The average molecular weight is 310 g/mol. The number of halogens is 1. The molecule has 0 aliphatic heterocycles. The largest absolute Gasteiger partial charge is 0.478 e. The Labute approximate surface area is 111 Å². The van der Waals surface area contributed by atoms with Gasteiger partial charge in [0.15, 0.2) is 0 Å². The molecule has 1 N–H and O–H groups in total. The van der Waals surface area contributed by atoms with E-state index in [2.05, 4.69) is 20.9 Å². The maximum Gasteiger partial charge on any atom is 0.336 e. The number of nitrogens with zero attached hydrogens (tertiary/aromatic N) is 1. The minimum atomic E-state index is -0.936. The van der Waals surface area contributed by atoms with Crippen LogP contribution in [0.4, 0.5) is 0 Å². The topological polar surface area (TPSA) is 50.2 Å². The number of rotatable bonds is 3. The number of hydrogen-bond donors (Lipinski definition) is 1. The molecule has 2 aromatic rings. The molecule has 0 saturated carbocycles. The third kappa shape index (κ3) is 3.08. The number of aromatic carboxylic acids is 1. The molecule has 0 unspecified atom stereocenters. The Bertz CT molecular complexity index is 545. The van der Waals surface area contributed by atoms with Gasteiger partial charge in [-0.2, -0.15) is 0 Å². The SMILES string of the molecule is O=C(O)c1cc(Sc2ccncc2)ccc1Br. The summed E-state index contributed by atoms with van der Waals surface area (Å²) in [6.07, 6.45) is 3.42. The van der Waals surface area contributed by atoms with E-state index < -0.39 is 5.97 Å². The molecule has 5 heteroatoms. The van der Waals surface area contributed by atoms with E-state index in [4.69, 9.17) is 5.11 Å². The predicted molar refractivity (Wildman–Crippen MR) is 69.5 cm³/mol. The highest BCUT2D eigenvalue weighted by molar-refractivity contribution is 9.10. The first-order valence-corrected chi connectivity index (χ1v) is 6.38. The molecule has 0 spiro atoms. The number of carboxylic acids is 1. The van der Waals surface area contributed by atoms with Gasteiger partial charge in [0, 0.05) is 26.7 Å². The van der Waals surface area contributed by atoms with Crippen LogP contribution in [0.25, 0.3) is 0 Å². The number of pyridine rings is 1. The number of benzene rings is 1. The van der Waals surface area contributed by atoms with Crippen molar-refractivity contribution in [3.05, 3.63) is 52.8 Å². The van der Waals surface area contributed by atoms with E-state index in [9.17, 15) is 4.79 Å². The molecule has 0 bridgehead atoms. The lowest BCUT2D eigenvalue weighted by Gasteiger charge is -2.04. The number of aromatic nitrogens is 1. The first-order valence-electron chi connectivity index (χ1n) is 4.77. The normalized spacial score (nSPS) is 10.2. The lowest BCUT2D eigenvalue weighted by Crippen LogP contribution is -1.97. The van der Waals surface area contributed by atoms with Crippen molar-refractivity contribution >= 4 is 33.7 Å². The van der Waals surface area contributed by atoms with Gasteiger partial charge in [-0.05, 0) is 46.3 Å². The molecule has 0 aliphatic carbocycles. The zero-order valence-electron chi connectivity index (χ0n) is 8.63. The van der Waals surface area contributed by atoms with E-state index in [1.807, 2.05) is 18.2 Å². The quantitative estimate of drug-likeness (QED) is 0.939. The Balaban J connectivity index is 2.29. The van der Waals surface area contributed by atoms with Crippen LogP contribution in [0.2, 0.25) is 0 Å². The van der Waals surface area contributed by atoms with Gasteiger partial charge in [-0.15, -0.1) is 0 Å². The average Bonchev–Trinajstić information content (AvgIpc) is 2.32. The van der Waals surface area contributed by atoms with Gasteiger partial charge in [-0.1, -0.05) is 11.8 Å². The van der Waals surface area contributed by atoms with Gasteiger partial charge in [0.1, 0.15) is 0 Å². The van der Waals surface area contributed by atoms with Crippen molar-refractivity contribution < 1.29 is 9.90 Å². The molecule has 1 aromatic heterocycles. The molecule has 0 amide bonds. The summed E-state index contributed by atoms with van der Waals surface area (Å²) in [5.41, 5.74) is 0.268. The molecule has 3 nitrogen and oxygen atoms in total. The van der Waals surface area contributed by atoms with E-state index in [-0.39, 0.29) is 5.56 Å². The summed E-state index contributed by atoms with van der Waals surface area (Å²) in [4.78, 5) is 16.8. The predicted octanol–water partition coefficient (Wildman–Crippen LogP) is 3.69. The van der Waals surface area contributed by atoms with Crippen molar-refractivity contribution in [3.8, 4) is 0 Å². The molecular weight excluding hydrogens is 302 g/mol. The van der Waals surface area contributed by atoms with Crippen molar-refractivity contribution in [2.75, 3.05) is 0 Å². The maximum absolute atomic E-state index is 11.0. The Kier molecular flexibility index (Phi) is 3.81. The van der Waals surface area contributed by atoms with Crippen LogP contribution in [0.15, 0.2) is 57.0 Å². The highest BCUT2D eigenvalue weighted by Crippen LogP contribution is 2.30. The summed E-state index contributed by atoms with van der Waals surface area (Å²) in [6, 6.07) is 9.03. The summed E-state index contributed by atoms with van der Waals surface area (Å²) in [7, 11) is 0. The second-order valence-electron chi connectivity index (χ2n) is 3.23. The van der Waals surface area contributed by atoms with E-state index >= 15 is 0 Å². The fraction of sp³-hybridized carbons (Fsp3) is 0. The molecule has 0 aliphatic rings. The zero-order chi connectivity index (χ0) is 12.3. The van der Waals surface area contributed by atoms with Gasteiger partial charge in [-0.3, -0.25) is 4.98 Å². The third-order valence-electron chi connectivity index (χ3n) is 2.05. The minimum Gasteiger partial charge on any atom is -0.478 e. The molecule has 2 rings (SSSR count). The van der Waals surface area contributed by atoms with Gasteiger partial charge >= 0.3 is 5.97 Å². The van der Waals surface area contributed by atoms with Crippen molar-refractivity contribution in [1.29, 1.82) is 0 Å². The molecule has 1 heterocycles. The summed E-state index contributed by atoms with van der Waals surface area (Å²) in [5.74, 6) is -0.936. The first kappa shape index (κ1) is 12.1. The summed E-state index contributed by atoms with van der Waals surface area (Å²) >= 11 is 4.72. The number of hydrogen-bond acceptors (Lipinski definition) is 3. The van der Waals surface area contributed by atoms with Gasteiger partial charge in [0.05, 0.1) is 5.56 Å². The van der Waals surface area contributed by atoms with E-state index in [0.717, 1.165) is 9.79 Å². The Morgan fingerprint density at radius 1 is 1.18 bits per heavy atom. The number of carboxylic acid groups (broad SMARTS) is 1. The smallest absolute Gasteiger partial charge is 0.336 e. The van der Waals surface area contributed by atoms with Crippen LogP contribution in [0.1, 0.15) is 10.4 Å². The van der Waals surface area contributed by atoms with Crippen molar-refractivity contribution in [2.45, 2.75) is 9.79 Å². The first-order chi connectivity index (χ1) is 8.16. The van der Waals surface area contributed by atoms with Crippen LogP contribution in [-0.4, -0.2) is 16.1 Å². The second-order valence-corrected chi connectivity index (χ2v) is 5.23. The summed E-state index contributed by atoms with van der Waals surface area (Å²) < 4.78 is 0.587. The molecule has 0 saturated heterocycles. The lowest BCUT2D eigenvalue weighted by atomic mass is 10.2. The van der Waals surface area contributed by atoms with Gasteiger partial charge in [-0.25, -0.2) is 4.79 Å². The van der Waals surface area contributed by atoms with Crippen molar-refractivity contribution in [2.24, 2.45) is 0 Å². The lowest BCUT2D eigenvalue weighted by molar-refractivity contribution is 0.0695. The van der Waals surface area contributed by atoms with Gasteiger partial charge < -0.3 is 5.11 Å². The van der Waals surface area contributed by atoms with Crippen molar-refractivity contribution in [3.63, 3.8) is 0 Å². The molecule has 86 valence electrons. The number of carbonyl (C=O) groups is 1. The van der Waals surface area contributed by atoms with Gasteiger partial charge in [0.2, 0.25) is 0 Å². The van der Waals surface area contributed by atoms with Crippen LogP contribution < -0.4 is 0 Å². The minimum absolute atomic E-state index is 0.268. The Morgan fingerprint density at radius 3 is 2.53 bits per heavy atom. The molecule has 0 radical (unpaired) electrons.